The van der Waals surface area contributed by atoms with Crippen LogP contribution in [0.4, 0.5) is 5.69 Å². The van der Waals surface area contributed by atoms with Gasteiger partial charge in [-0.2, -0.15) is 0 Å². The zero-order chi connectivity index (χ0) is 17.2. The smallest absolute Gasteiger partial charge is 0.159 e. The Balaban J connectivity index is 1.90. The maximum Gasteiger partial charge on any atom is 0.159 e. The monoisotopic (exact) mass is 323 g/mol. The summed E-state index contributed by atoms with van der Waals surface area (Å²) in [6, 6.07) is 26.3. The standard InChI is InChI=1S/C23H17NO/c1-16(25)17-9-6-10-20(14-17)24-15-23-21-11-4-2-7-18(21)13-19-8-3-5-12-22(19)23/h2-15H,1H3. The Hall–Kier alpha value is -3.26. The van der Waals surface area contributed by atoms with Gasteiger partial charge in [-0.3, -0.25) is 9.79 Å². The third-order valence-electron chi connectivity index (χ3n) is 4.41. The molecule has 0 aliphatic rings. The maximum atomic E-state index is 11.6. The lowest BCUT2D eigenvalue weighted by atomic mass is 9.97. The third-order valence-corrected chi connectivity index (χ3v) is 4.41. The summed E-state index contributed by atoms with van der Waals surface area (Å²) in [5.41, 5.74) is 2.56. The van der Waals surface area contributed by atoms with E-state index >= 15 is 0 Å². The van der Waals surface area contributed by atoms with Crippen molar-refractivity contribution in [2.45, 2.75) is 6.92 Å². The van der Waals surface area contributed by atoms with Crippen molar-refractivity contribution in [3.63, 3.8) is 0 Å². The summed E-state index contributed by atoms with van der Waals surface area (Å²) in [6.45, 7) is 1.57. The number of aliphatic imine (C=N–C) groups is 1. The molecule has 0 bridgehead atoms. The molecule has 0 aliphatic carbocycles. The number of Topliss-reactive ketones (excluding diaryl/α,β-unsaturated/α-hetero) is 1. The number of hydrogen-bond donors (Lipinski definition) is 0. The average molecular weight is 323 g/mol. The summed E-state index contributed by atoms with van der Waals surface area (Å²) >= 11 is 0. The van der Waals surface area contributed by atoms with Crippen molar-refractivity contribution in [2.24, 2.45) is 4.99 Å². The minimum absolute atomic E-state index is 0.0488. The Morgan fingerprint density at radius 3 is 2.08 bits per heavy atom. The summed E-state index contributed by atoms with van der Waals surface area (Å²) in [4.78, 5) is 16.2. The molecule has 2 heteroatoms. The van der Waals surface area contributed by atoms with Crippen LogP contribution in [0.15, 0.2) is 83.9 Å². The van der Waals surface area contributed by atoms with Gasteiger partial charge in [-0.1, -0.05) is 60.7 Å². The summed E-state index contributed by atoms with van der Waals surface area (Å²) < 4.78 is 0. The number of ketones is 1. The van der Waals surface area contributed by atoms with Crippen molar-refractivity contribution in [2.75, 3.05) is 0 Å². The summed E-state index contributed by atoms with van der Waals surface area (Å²) in [5, 5.41) is 4.74. The molecule has 0 aliphatic heterocycles. The molecule has 4 rings (SSSR count). The van der Waals surface area contributed by atoms with E-state index in [0.717, 1.165) is 11.3 Å². The molecule has 25 heavy (non-hydrogen) atoms. The second-order valence-electron chi connectivity index (χ2n) is 6.10. The number of carbonyl (C=O) groups excluding carboxylic acids is 1. The number of benzene rings is 4. The molecule has 4 aromatic carbocycles. The highest BCUT2D eigenvalue weighted by Crippen LogP contribution is 2.28. The lowest BCUT2D eigenvalue weighted by molar-refractivity contribution is 0.101. The van der Waals surface area contributed by atoms with Gasteiger partial charge < -0.3 is 0 Å². The van der Waals surface area contributed by atoms with Gasteiger partial charge in [0.15, 0.2) is 5.78 Å². The van der Waals surface area contributed by atoms with Gasteiger partial charge in [0.25, 0.3) is 0 Å². The van der Waals surface area contributed by atoms with E-state index in [1.807, 2.05) is 54.7 Å². The minimum atomic E-state index is 0.0488. The van der Waals surface area contributed by atoms with E-state index < -0.39 is 0 Å². The Labute approximate surface area is 146 Å². The van der Waals surface area contributed by atoms with Crippen molar-refractivity contribution in [3.8, 4) is 0 Å². The van der Waals surface area contributed by atoms with Crippen LogP contribution >= 0.6 is 0 Å². The van der Waals surface area contributed by atoms with Gasteiger partial charge in [0.1, 0.15) is 0 Å². The maximum absolute atomic E-state index is 11.6. The van der Waals surface area contributed by atoms with Gasteiger partial charge in [-0.15, -0.1) is 0 Å². The number of fused-ring (bicyclic) bond motifs is 2. The molecule has 0 aromatic heterocycles. The number of rotatable bonds is 3. The van der Waals surface area contributed by atoms with Gasteiger partial charge in [0.05, 0.1) is 5.69 Å². The van der Waals surface area contributed by atoms with Gasteiger partial charge in [-0.05, 0) is 46.7 Å². The van der Waals surface area contributed by atoms with Crippen LogP contribution in [0.25, 0.3) is 21.5 Å². The second-order valence-corrected chi connectivity index (χ2v) is 6.10. The Morgan fingerprint density at radius 1 is 0.800 bits per heavy atom. The van der Waals surface area contributed by atoms with E-state index in [1.165, 1.54) is 21.5 Å². The summed E-state index contributed by atoms with van der Waals surface area (Å²) in [7, 11) is 0. The molecule has 0 saturated heterocycles. The number of nitrogens with zero attached hydrogens (tertiary/aromatic N) is 1. The van der Waals surface area contributed by atoms with E-state index in [4.69, 9.17) is 0 Å². The van der Waals surface area contributed by atoms with Crippen LogP contribution in [0, 0.1) is 0 Å². The Kier molecular flexibility index (Phi) is 3.87. The summed E-state index contributed by atoms with van der Waals surface area (Å²) in [5.74, 6) is 0.0488. The highest BCUT2D eigenvalue weighted by Gasteiger charge is 2.05. The van der Waals surface area contributed by atoms with Crippen molar-refractivity contribution in [1.82, 2.24) is 0 Å². The largest absolute Gasteiger partial charge is 0.295 e. The Morgan fingerprint density at radius 2 is 1.44 bits per heavy atom. The van der Waals surface area contributed by atoms with E-state index in [1.54, 1.807) is 6.92 Å². The lowest BCUT2D eigenvalue weighted by Crippen LogP contribution is -1.91. The first-order valence-electron chi connectivity index (χ1n) is 8.28. The average Bonchev–Trinajstić information content (AvgIpc) is 2.65. The molecule has 0 saturated carbocycles. The highest BCUT2D eigenvalue weighted by atomic mass is 16.1. The van der Waals surface area contributed by atoms with E-state index in [9.17, 15) is 4.79 Å². The molecule has 0 amide bonds. The van der Waals surface area contributed by atoms with Crippen molar-refractivity contribution in [3.05, 3.63) is 90.0 Å². The third kappa shape index (κ3) is 2.94. The first-order valence-corrected chi connectivity index (χ1v) is 8.28. The molecule has 4 aromatic rings. The molecule has 0 spiro atoms. The fourth-order valence-corrected chi connectivity index (χ4v) is 3.13. The summed E-state index contributed by atoms with van der Waals surface area (Å²) in [6.07, 6.45) is 1.91. The Bertz CT molecular complexity index is 1070. The van der Waals surface area contributed by atoms with E-state index in [-0.39, 0.29) is 5.78 Å². The molecule has 0 fully saturated rings. The zero-order valence-electron chi connectivity index (χ0n) is 13.9. The zero-order valence-corrected chi connectivity index (χ0v) is 13.9. The molecule has 120 valence electrons. The van der Waals surface area contributed by atoms with Crippen LogP contribution in [-0.2, 0) is 0 Å². The normalized spacial score (nSPS) is 11.4. The predicted octanol–water partition coefficient (Wildman–Crippen LogP) is 5.95. The molecular weight excluding hydrogens is 306 g/mol. The SMILES string of the molecule is CC(=O)c1cccc(N=Cc2c3ccccc3cc3ccccc23)c1. The molecule has 0 unspecified atom stereocenters. The number of carbonyl (C=O) groups is 1. The van der Waals surface area contributed by atoms with E-state index in [2.05, 4.69) is 35.3 Å². The van der Waals surface area contributed by atoms with Crippen LogP contribution in [0.3, 0.4) is 0 Å². The molecular formula is C23H17NO. The van der Waals surface area contributed by atoms with Crippen LogP contribution in [0.1, 0.15) is 22.8 Å². The highest BCUT2D eigenvalue weighted by molar-refractivity contribution is 6.13. The quantitative estimate of drug-likeness (QED) is 0.260. The lowest BCUT2D eigenvalue weighted by Gasteiger charge is -2.08. The van der Waals surface area contributed by atoms with Crippen LogP contribution in [-0.4, -0.2) is 12.0 Å². The second kappa shape index (κ2) is 6.33. The van der Waals surface area contributed by atoms with Gasteiger partial charge >= 0.3 is 0 Å². The number of hydrogen-bond acceptors (Lipinski definition) is 2. The van der Waals surface area contributed by atoms with Gasteiger partial charge in [0, 0.05) is 17.3 Å². The first-order chi connectivity index (χ1) is 12.2. The van der Waals surface area contributed by atoms with Crippen LogP contribution < -0.4 is 0 Å². The molecule has 0 N–H and O–H groups in total. The van der Waals surface area contributed by atoms with Crippen molar-refractivity contribution >= 4 is 39.2 Å². The minimum Gasteiger partial charge on any atom is -0.295 e. The fraction of sp³-hybridized carbons (Fsp3) is 0.0435. The van der Waals surface area contributed by atoms with Crippen LogP contribution in [0.5, 0.6) is 0 Å². The molecule has 2 nitrogen and oxygen atoms in total. The topological polar surface area (TPSA) is 29.4 Å². The predicted molar refractivity (Wildman–Crippen MR) is 105 cm³/mol. The van der Waals surface area contributed by atoms with Gasteiger partial charge in [0.2, 0.25) is 0 Å². The molecule has 0 atom stereocenters. The van der Waals surface area contributed by atoms with E-state index in [0.29, 0.717) is 5.56 Å². The van der Waals surface area contributed by atoms with Crippen LogP contribution in [0.2, 0.25) is 0 Å². The molecule has 0 heterocycles. The van der Waals surface area contributed by atoms with Crippen molar-refractivity contribution < 1.29 is 4.79 Å². The molecule has 0 radical (unpaired) electrons. The van der Waals surface area contributed by atoms with Gasteiger partial charge in [-0.25, -0.2) is 0 Å². The first kappa shape index (κ1) is 15.3. The fourth-order valence-electron chi connectivity index (χ4n) is 3.13. The van der Waals surface area contributed by atoms with Crippen molar-refractivity contribution in [1.29, 1.82) is 0 Å².